The van der Waals surface area contributed by atoms with Crippen LogP contribution in [0.15, 0.2) is 12.1 Å². The van der Waals surface area contributed by atoms with Crippen LogP contribution in [0, 0.1) is 0 Å². The molecule has 6 heteroatoms. The third kappa shape index (κ3) is 2.45. The number of carbonyl (C=O) groups excluding carboxylic acids is 1. The highest BCUT2D eigenvalue weighted by Gasteiger charge is 2.37. The van der Waals surface area contributed by atoms with Crippen LogP contribution in [0.25, 0.3) is 0 Å². The van der Waals surface area contributed by atoms with Crippen LogP contribution in [-0.4, -0.2) is 47.2 Å². The number of rotatable bonds is 2. The van der Waals surface area contributed by atoms with Gasteiger partial charge in [0.05, 0.1) is 23.6 Å². The minimum Gasteiger partial charge on any atom is -0.477 e. The first-order chi connectivity index (χ1) is 9.66. The Balaban J connectivity index is 1.79. The van der Waals surface area contributed by atoms with Crippen molar-refractivity contribution in [3.63, 3.8) is 0 Å². The van der Waals surface area contributed by atoms with E-state index in [2.05, 4.69) is 0 Å². The zero-order valence-corrected chi connectivity index (χ0v) is 11.9. The van der Waals surface area contributed by atoms with Gasteiger partial charge in [0.1, 0.15) is 4.88 Å². The number of morpholine rings is 1. The van der Waals surface area contributed by atoms with Crippen LogP contribution in [0.3, 0.4) is 0 Å². The van der Waals surface area contributed by atoms with E-state index in [1.54, 1.807) is 6.07 Å². The Labute approximate surface area is 121 Å². The van der Waals surface area contributed by atoms with E-state index in [1.807, 2.05) is 4.90 Å². The number of ether oxygens (including phenoxy) is 1. The summed E-state index contributed by atoms with van der Waals surface area (Å²) < 4.78 is 5.76. The average molecular weight is 295 g/mol. The Morgan fingerprint density at radius 2 is 2.00 bits per heavy atom. The second-order valence-electron chi connectivity index (χ2n) is 5.23. The van der Waals surface area contributed by atoms with E-state index in [0.29, 0.717) is 18.0 Å². The number of thiophene rings is 1. The van der Waals surface area contributed by atoms with Crippen molar-refractivity contribution in [1.29, 1.82) is 0 Å². The molecule has 0 unspecified atom stereocenters. The van der Waals surface area contributed by atoms with Crippen LogP contribution in [0.2, 0.25) is 0 Å². The highest BCUT2D eigenvalue weighted by Crippen LogP contribution is 2.30. The molecule has 2 fully saturated rings. The second kappa shape index (κ2) is 5.54. The summed E-state index contributed by atoms with van der Waals surface area (Å²) in [6.45, 7) is 1.17. The number of carboxylic acids is 1. The number of hydrogen-bond acceptors (Lipinski definition) is 4. The molecule has 108 valence electrons. The molecule has 20 heavy (non-hydrogen) atoms. The Morgan fingerprint density at radius 3 is 2.75 bits per heavy atom. The molecule has 1 amide bonds. The number of amides is 1. The van der Waals surface area contributed by atoms with E-state index < -0.39 is 5.97 Å². The molecule has 1 aromatic heterocycles. The molecular formula is C14H17NO4S. The van der Waals surface area contributed by atoms with Crippen molar-refractivity contribution < 1.29 is 19.4 Å². The third-order valence-corrected chi connectivity index (χ3v) is 5.08. The zero-order chi connectivity index (χ0) is 14.1. The van der Waals surface area contributed by atoms with E-state index >= 15 is 0 Å². The fraction of sp³-hybridized carbons (Fsp3) is 0.571. The van der Waals surface area contributed by atoms with Crippen molar-refractivity contribution in [2.75, 3.05) is 13.2 Å². The monoisotopic (exact) mass is 295 g/mol. The number of nitrogens with zero attached hydrogens (tertiary/aromatic N) is 1. The van der Waals surface area contributed by atoms with Crippen LogP contribution in [-0.2, 0) is 4.74 Å². The summed E-state index contributed by atoms with van der Waals surface area (Å²) in [6.07, 6.45) is 4.43. The van der Waals surface area contributed by atoms with E-state index in [-0.39, 0.29) is 22.9 Å². The summed E-state index contributed by atoms with van der Waals surface area (Å²) in [5, 5.41) is 8.94. The quantitative estimate of drug-likeness (QED) is 0.908. The van der Waals surface area contributed by atoms with Gasteiger partial charge in [-0.25, -0.2) is 4.79 Å². The van der Waals surface area contributed by atoms with Gasteiger partial charge >= 0.3 is 5.97 Å². The molecule has 0 radical (unpaired) electrons. The topological polar surface area (TPSA) is 66.8 Å². The molecule has 1 N–H and O–H groups in total. The summed E-state index contributed by atoms with van der Waals surface area (Å²) in [5.74, 6) is -1.03. The lowest BCUT2D eigenvalue weighted by Crippen LogP contribution is -2.54. The van der Waals surface area contributed by atoms with Gasteiger partial charge in [0, 0.05) is 6.54 Å². The fourth-order valence-corrected chi connectivity index (χ4v) is 3.86. The molecule has 2 heterocycles. The fourth-order valence-electron chi connectivity index (χ4n) is 3.06. The minimum atomic E-state index is -0.980. The normalized spacial score (nSPS) is 26.1. The summed E-state index contributed by atoms with van der Waals surface area (Å²) >= 11 is 1.05. The van der Waals surface area contributed by atoms with Crippen molar-refractivity contribution in [1.82, 2.24) is 4.90 Å². The summed E-state index contributed by atoms with van der Waals surface area (Å²) in [7, 11) is 0. The summed E-state index contributed by atoms with van der Waals surface area (Å²) in [5.41, 5.74) is 0. The lowest BCUT2D eigenvalue weighted by atomic mass is 9.90. The number of hydrogen-bond donors (Lipinski definition) is 1. The Kier molecular flexibility index (Phi) is 3.76. The van der Waals surface area contributed by atoms with Crippen molar-refractivity contribution >= 4 is 23.2 Å². The first kappa shape index (κ1) is 13.6. The van der Waals surface area contributed by atoms with Gasteiger partial charge in [-0.3, -0.25) is 4.79 Å². The highest BCUT2D eigenvalue weighted by molar-refractivity contribution is 7.15. The highest BCUT2D eigenvalue weighted by atomic mass is 32.1. The Morgan fingerprint density at radius 1 is 1.25 bits per heavy atom. The van der Waals surface area contributed by atoms with Crippen molar-refractivity contribution in [3.8, 4) is 0 Å². The maximum Gasteiger partial charge on any atom is 0.345 e. The number of fused-ring (bicyclic) bond motifs is 1. The van der Waals surface area contributed by atoms with Gasteiger partial charge in [-0.2, -0.15) is 0 Å². The standard InChI is InChI=1S/C14H17NO4S/c16-13(11-5-6-12(20-11)14(17)18)15-7-8-19-10-4-2-1-3-9(10)15/h5-6,9-10H,1-4,7-8H2,(H,17,18)/t9-,10+/m1/s1. The largest absolute Gasteiger partial charge is 0.477 e. The molecule has 3 rings (SSSR count). The van der Waals surface area contributed by atoms with Crippen LogP contribution in [0.1, 0.15) is 45.0 Å². The van der Waals surface area contributed by atoms with Gasteiger partial charge < -0.3 is 14.7 Å². The van der Waals surface area contributed by atoms with Crippen LogP contribution < -0.4 is 0 Å². The lowest BCUT2D eigenvalue weighted by molar-refractivity contribution is -0.0751. The molecular weight excluding hydrogens is 278 g/mol. The molecule has 2 aliphatic rings. The van der Waals surface area contributed by atoms with Crippen molar-refractivity contribution in [3.05, 3.63) is 21.9 Å². The molecule has 5 nitrogen and oxygen atoms in total. The molecule has 1 aliphatic heterocycles. The SMILES string of the molecule is O=C(O)c1ccc(C(=O)N2CCO[C@H]3CCCC[C@H]32)s1. The Hall–Kier alpha value is -1.40. The maximum atomic E-state index is 12.6. The van der Waals surface area contributed by atoms with Gasteiger partial charge in [-0.1, -0.05) is 12.8 Å². The van der Waals surface area contributed by atoms with E-state index in [4.69, 9.17) is 9.84 Å². The first-order valence-electron chi connectivity index (χ1n) is 6.92. The van der Waals surface area contributed by atoms with Gasteiger partial charge in [-0.15, -0.1) is 11.3 Å². The summed E-state index contributed by atoms with van der Waals surface area (Å²) in [4.78, 5) is 26.1. The van der Waals surface area contributed by atoms with Crippen LogP contribution >= 0.6 is 11.3 Å². The van der Waals surface area contributed by atoms with Gasteiger partial charge in [0.15, 0.2) is 0 Å². The third-order valence-electron chi connectivity index (χ3n) is 4.02. The second-order valence-corrected chi connectivity index (χ2v) is 6.31. The van der Waals surface area contributed by atoms with Gasteiger partial charge in [-0.05, 0) is 25.0 Å². The summed E-state index contributed by atoms with van der Waals surface area (Å²) in [6, 6.07) is 3.27. The number of aromatic carboxylic acids is 1. The minimum absolute atomic E-state index is 0.0531. The molecule has 1 saturated heterocycles. The lowest BCUT2D eigenvalue weighted by Gasteiger charge is -2.43. The molecule has 1 aromatic rings. The first-order valence-corrected chi connectivity index (χ1v) is 7.74. The van der Waals surface area contributed by atoms with Crippen LogP contribution in [0.5, 0.6) is 0 Å². The molecule has 2 atom stereocenters. The van der Waals surface area contributed by atoms with E-state index in [0.717, 1.165) is 37.0 Å². The van der Waals surface area contributed by atoms with Gasteiger partial charge in [0.2, 0.25) is 0 Å². The zero-order valence-electron chi connectivity index (χ0n) is 11.1. The Bertz CT molecular complexity index is 525. The average Bonchev–Trinajstić information content (AvgIpc) is 2.96. The predicted octanol–water partition coefficient (Wildman–Crippen LogP) is 2.23. The van der Waals surface area contributed by atoms with Crippen LogP contribution in [0.4, 0.5) is 0 Å². The predicted molar refractivity (Wildman–Crippen MR) is 74.3 cm³/mol. The van der Waals surface area contributed by atoms with E-state index in [9.17, 15) is 9.59 Å². The van der Waals surface area contributed by atoms with Gasteiger partial charge in [0.25, 0.3) is 5.91 Å². The number of carbonyl (C=O) groups is 2. The smallest absolute Gasteiger partial charge is 0.345 e. The molecule has 0 spiro atoms. The maximum absolute atomic E-state index is 12.6. The molecule has 0 bridgehead atoms. The molecule has 1 aliphatic carbocycles. The van der Waals surface area contributed by atoms with E-state index in [1.165, 1.54) is 6.07 Å². The molecule has 1 saturated carbocycles. The number of carboxylic acid groups (broad SMARTS) is 1. The van der Waals surface area contributed by atoms with Crippen molar-refractivity contribution in [2.24, 2.45) is 0 Å². The molecule has 0 aromatic carbocycles. The van der Waals surface area contributed by atoms with Crippen molar-refractivity contribution in [2.45, 2.75) is 37.8 Å².